The Morgan fingerprint density at radius 3 is 2.86 bits per heavy atom. The number of carbonyl (C=O) groups is 1. The minimum absolute atomic E-state index is 0.111. The Labute approximate surface area is 121 Å². The SMILES string of the molecule is CN1CCN(Cc2nc(NN)c3cnn(C)c3n2)CC1=O. The van der Waals surface area contributed by atoms with Crippen LogP contribution in [0.3, 0.4) is 0 Å². The van der Waals surface area contributed by atoms with Crippen molar-refractivity contribution in [2.24, 2.45) is 12.9 Å². The lowest BCUT2D eigenvalue weighted by atomic mass is 10.3. The number of aryl methyl sites for hydroxylation is 1. The van der Waals surface area contributed by atoms with Gasteiger partial charge in [-0.1, -0.05) is 0 Å². The normalized spacial score (nSPS) is 16.7. The molecule has 2 aromatic rings. The molecule has 112 valence electrons. The number of nitrogens with two attached hydrogens (primary N) is 1. The van der Waals surface area contributed by atoms with E-state index in [9.17, 15) is 4.79 Å². The molecule has 1 amide bonds. The van der Waals surface area contributed by atoms with Gasteiger partial charge < -0.3 is 10.3 Å². The monoisotopic (exact) mass is 290 g/mol. The molecule has 3 rings (SSSR count). The highest BCUT2D eigenvalue weighted by Gasteiger charge is 2.22. The van der Waals surface area contributed by atoms with Crippen molar-refractivity contribution in [1.29, 1.82) is 0 Å². The first kappa shape index (κ1) is 13.7. The van der Waals surface area contributed by atoms with Crippen LogP contribution in [0.25, 0.3) is 11.0 Å². The predicted molar refractivity (Wildman–Crippen MR) is 77.0 cm³/mol. The first-order chi connectivity index (χ1) is 10.1. The highest BCUT2D eigenvalue weighted by molar-refractivity contribution is 5.86. The average Bonchev–Trinajstić information content (AvgIpc) is 2.84. The number of aromatic nitrogens is 4. The van der Waals surface area contributed by atoms with Crippen molar-refractivity contribution >= 4 is 22.8 Å². The second kappa shape index (κ2) is 5.26. The van der Waals surface area contributed by atoms with E-state index in [2.05, 4.69) is 20.5 Å². The van der Waals surface area contributed by atoms with Gasteiger partial charge in [0.1, 0.15) is 5.82 Å². The number of likely N-dealkylation sites (N-methyl/N-ethyl adjacent to an activating group) is 1. The van der Waals surface area contributed by atoms with E-state index in [1.807, 2.05) is 19.0 Å². The summed E-state index contributed by atoms with van der Waals surface area (Å²) >= 11 is 0. The van der Waals surface area contributed by atoms with Gasteiger partial charge in [-0.2, -0.15) is 5.10 Å². The number of nitrogen functional groups attached to an aromatic ring is 1. The molecule has 9 heteroatoms. The van der Waals surface area contributed by atoms with E-state index in [1.165, 1.54) is 0 Å². The van der Waals surface area contributed by atoms with Gasteiger partial charge >= 0.3 is 0 Å². The molecule has 2 aromatic heterocycles. The van der Waals surface area contributed by atoms with Crippen LogP contribution in [-0.2, 0) is 18.4 Å². The number of hydrazine groups is 1. The average molecular weight is 290 g/mol. The van der Waals surface area contributed by atoms with Crippen LogP contribution in [0.4, 0.5) is 5.82 Å². The molecule has 9 nitrogen and oxygen atoms in total. The smallest absolute Gasteiger partial charge is 0.236 e. The zero-order chi connectivity index (χ0) is 15.0. The molecule has 0 unspecified atom stereocenters. The molecule has 3 N–H and O–H groups in total. The van der Waals surface area contributed by atoms with Crippen molar-refractivity contribution in [2.75, 3.05) is 32.1 Å². The van der Waals surface area contributed by atoms with Crippen LogP contribution in [0, 0.1) is 0 Å². The summed E-state index contributed by atoms with van der Waals surface area (Å²) in [6.07, 6.45) is 1.67. The molecule has 1 aliphatic heterocycles. The number of anilines is 1. The third kappa shape index (κ3) is 2.52. The molecule has 0 spiro atoms. The predicted octanol–water partition coefficient (Wildman–Crippen LogP) is -1.08. The topological polar surface area (TPSA) is 105 Å². The van der Waals surface area contributed by atoms with E-state index in [-0.39, 0.29) is 5.91 Å². The van der Waals surface area contributed by atoms with Gasteiger partial charge in [0.05, 0.1) is 24.7 Å². The van der Waals surface area contributed by atoms with Gasteiger partial charge in [-0.15, -0.1) is 0 Å². The lowest BCUT2D eigenvalue weighted by Crippen LogP contribution is -2.48. The molecule has 0 aromatic carbocycles. The maximum atomic E-state index is 11.7. The Kier molecular flexibility index (Phi) is 3.43. The lowest BCUT2D eigenvalue weighted by Gasteiger charge is -2.31. The van der Waals surface area contributed by atoms with Gasteiger partial charge in [-0.25, -0.2) is 15.8 Å². The summed E-state index contributed by atoms with van der Waals surface area (Å²) in [4.78, 5) is 24.4. The van der Waals surface area contributed by atoms with E-state index in [0.717, 1.165) is 18.5 Å². The number of amides is 1. The highest BCUT2D eigenvalue weighted by Crippen LogP contribution is 2.19. The zero-order valence-electron chi connectivity index (χ0n) is 12.1. The molecule has 1 fully saturated rings. The second-order valence-corrected chi connectivity index (χ2v) is 5.16. The van der Waals surface area contributed by atoms with Crippen molar-refractivity contribution in [3.05, 3.63) is 12.0 Å². The summed E-state index contributed by atoms with van der Waals surface area (Å²) in [5.41, 5.74) is 3.29. The minimum Gasteiger partial charge on any atom is -0.343 e. The van der Waals surface area contributed by atoms with Crippen LogP contribution < -0.4 is 11.3 Å². The second-order valence-electron chi connectivity index (χ2n) is 5.16. The molecule has 3 heterocycles. The van der Waals surface area contributed by atoms with Gasteiger partial charge in [0.15, 0.2) is 11.5 Å². The standard InChI is InChI=1S/C12H18N8O/c1-18-3-4-20(7-10(18)21)6-9-15-11(17-13)8-5-14-19(2)12(8)16-9/h5H,3-4,6-7,13H2,1-2H3,(H,15,16,17). The summed E-state index contributed by atoms with van der Waals surface area (Å²) in [5.74, 6) is 6.79. The number of hydrogen-bond acceptors (Lipinski definition) is 7. The Balaban J connectivity index is 1.87. The molecule has 0 atom stereocenters. The zero-order valence-corrected chi connectivity index (χ0v) is 12.1. The van der Waals surface area contributed by atoms with Crippen LogP contribution in [0.1, 0.15) is 5.82 Å². The molecule has 21 heavy (non-hydrogen) atoms. The Morgan fingerprint density at radius 1 is 1.33 bits per heavy atom. The van der Waals surface area contributed by atoms with Crippen molar-refractivity contribution in [1.82, 2.24) is 29.5 Å². The van der Waals surface area contributed by atoms with Crippen LogP contribution in [0.15, 0.2) is 6.20 Å². The lowest BCUT2D eigenvalue weighted by molar-refractivity contribution is -0.134. The van der Waals surface area contributed by atoms with E-state index >= 15 is 0 Å². The maximum Gasteiger partial charge on any atom is 0.236 e. The van der Waals surface area contributed by atoms with E-state index in [0.29, 0.717) is 30.4 Å². The van der Waals surface area contributed by atoms with Gasteiger partial charge in [0.25, 0.3) is 0 Å². The molecule has 0 saturated carbocycles. The molecular formula is C12H18N8O. The number of hydrogen-bond donors (Lipinski definition) is 2. The number of carbonyl (C=O) groups excluding carboxylic acids is 1. The van der Waals surface area contributed by atoms with E-state index in [4.69, 9.17) is 5.84 Å². The van der Waals surface area contributed by atoms with Gasteiger partial charge in [0.2, 0.25) is 5.91 Å². The Morgan fingerprint density at radius 2 is 2.14 bits per heavy atom. The van der Waals surface area contributed by atoms with Crippen molar-refractivity contribution < 1.29 is 4.79 Å². The number of piperazine rings is 1. The first-order valence-electron chi connectivity index (χ1n) is 6.70. The molecular weight excluding hydrogens is 272 g/mol. The maximum absolute atomic E-state index is 11.7. The quantitative estimate of drug-likeness (QED) is 0.547. The largest absolute Gasteiger partial charge is 0.343 e. The van der Waals surface area contributed by atoms with Crippen molar-refractivity contribution in [3.8, 4) is 0 Å². The minimum atomic E-state index is 0.111. The molecule has 1 aliphatic rings. The molecule has 0 aliphatic carbocycles. The van der Waals surface area contributed by atoms with E-state index in [1.54, 1.807) is 15.8 Å². The third-order valence-electron chi connectivity index (χ3n) is 3.68. The van der Waals surface area contributed by atoms with Gasteiger partial charge in [-0.3, -0.25) is 14.4 Å². The van der Waals surface area contributed by atoms with E-state index < -0.39 is 0 Å². The van der Waals surface area contributed by atoms with Crippen molar-refractivity contribution in [3.63, 3.8) is 0 Å². The van der Waals surface area contributed by atoms with Crippen LogP contribution in [-0.4, -0.2) is 62.1 Å². The number of nitrogens with zero attached hydrogens (tertiary/aromatic N) is 6. The van der Waals surface area contributed by atoms with Crippen LogP contribution >= 0.6 is 0 Å². The fourth-order valence-electron chi connectivity index (χ4n) is 2.39. The number of fused-ring (bicyclic) bond motifs is 1. The number of nitrogens with one attached hydrogen (secondary N) is 1. The number of rotatable bonds is 3. The fraction of sp³-hybridized carbons (Fsp3) is 0.500. The summed E-state index contributed by atoms with van der Waals surface area (Å²) in [5, 5.41) is 4.93. The Bertz CT molecular complexity index is 681. The molecule has 0 radical (unpaired) electrons. The summed E-state index contributed by atoms with van der Waals surface area (Å²) in [6, 6.07) is 0. The molecule has 0 bridgehead atoms. The third-order valence-corrected chi connectivity index (χ3v) is 3.68. The van der Waals surface area contributed by atoms with Crippen LogP contribution in [0.2, 0.25) is 0 Å². The van der Waals surface area contributed by atoms with Crippen LogP contribution in [0.5, 0.6) is 0 Å². The summed E-state index contributed by atoms with van der Waals surface area (Å²) in [7, 11) is 3.63. The van der Waals surface area contributed by atoms with Gasteiger partial charge in [-0.05, 0) is 0 Å². The van der Waals surface area contributed by atoms with Crippen molar-refractivity contribution in [2.45, 2.75) is 6.54 Å². The fourth-order valence-corrected chi connectivity index (χ4v) is 2.39. The first-order valence-corrected chi connectivity index (χ1v) is 6.70. The highest BCUT2D eigenvalue weighted by atomic mass is 16.2. The Hall–Kier alpha value is -2.26. The summed E-state index contributed by atoms with van der Waals surface area (Å²) < 4.78 is 1.68. The van der Waals surface area contributed by atoms with Gasteiger partial charge in [0, 0.05) is 27.2 Å². The summed E-state index contributed by atoms with van der Waals surface area (Å²) in [6.45, 7) is 2.42. The molecule has 1 saturated heterocycles.